The summed E-state index contributed by atoms with van der Waals surface area (Å²) in [4.78, 5) is 10.1. The fourth-order valence-electron chi connectivity index (χ4n) is 1.97. The van der Waals surface area contributed by atoms with Crippen LogP contribution in [0, 0.1) is 10.1 Å². The van der Waals surface area contributed by atoms with Crippen molar-refractivity contribution in [3.63, 3.8) is 0 Å². The Morgan fingerprint density at radius 3 is 2.46 bits per heavy atom. The summed E-state index contributed by atoms with van der Waals surface area (Å²) in [5.74, 6) is -0.703. The summed E-state index contributed by atoms with van der Waals surface area (Å²) >= 11 is 0.956. The fourth-order valence-corrected chi connectivity index (χ4v) is 2.72. The van der Waals surface area contributed by atoms with Gasteiger partial charge in [-0.05, 0) is 12.1 Å². The number of nitro groups is 1. The molecule has 2 aromatic heterocycles. The van der Waals surface area contributed by atoms with Crippen molar-refractivity contribution in [1.29, 1.82) is 0 Å². The molecule has 9 nitrogen and oxygen atoms in total. The second kappa shape index (κ2) is 6.74. The van der Waals surface area contributed by atoms with Gasteiger partial charge in [-0.15, -0.1) is 20.4 Å². The van der Waals surface area contributed by atoms with Crippen molar-refractivity contribution in [1.82, 2.24) is 25.0 Å². The number of thioether (sulfide) groups is 1. The molecule has 0 aliphatic rings. The number of hydrogen-bond acceptors (Lipinski definition) is 8. The molecule has 0 unspecified atom stereocenters. The van der Waals surface area contributed by atoms with E-state index in [-0.39, 0.29) is 28.4 Å². The average Bonchev–Trinajstić information content (AvgIpc) is 3.19. The Kier molecular flexibility index (Phi) is 4.63. The lowest BCUT2D eigenvalue weighted by molar-refractivity contribution is -0.384. The van der Waals surface area contributed by atoms with Crippen LogP contribution >= 0.6 is 11.8 Å². The predicted octanol–water partition coefficient (Wildman–Crippen LogP) is 3.08. The topological polar surface area (TPSA) is 113 Å². The average molecular weight is 386 g/mol. The van der Waals surface area contributed by atoms with Crippen LogP contribution in [0.3, 0.4) is 0 Å². The minimum atomic E-state index is -4.59. The number of aromatic nitrogens is 5. The number of alkyl halides is 3. The molecule has 13 heteroatoms. The maximum Gasteiger partial charge on any atom is 0.451 e. The first-order valence-corrected chi connectivity index (χ1v) is 7.91. The number of hydrogen-bond donors (Lipinski definition) is 0. The third kappa shape index (κ3) is 3.66. The maximum absolute atomic E-state index is 12.7. The van der Waals surface area contributed by atoms with Gasteiger partial charge in [-0.2, -0.15) is 13.2 Å². The molecule has 0 spiro atoms. The minimum absolute atomic E-state index is 0.0485. The Morgan fingerprint density at radius 1 is 1.19 bits per heavy atom. The monoisotopic (exact) mass is 386 g/mol. The number of benzene rings is 1. The van der Waals surface area contributed by atoms with Gasteiger partial charge in [-0.25, -0.2) is 0 Å². The van der Waals surface area contributed by atoms with Crippen LogP contribution in [0.2, 0.25) is 0 Å². The number of rotatable bonds is 5. The summed E-state index contributed by atoms with van der Waals surface area (Å²) < 4.78 is 44.3. The summed E-state index contributed by atoms with van der Waals surface area (Å²) in [7, 11) is 1.21. The van der Waals surface area contributed by atoms with E-state index in [0.717, 1.165) is 16.3 Å². The molecule has 0 saturated carbocycles. The summed E-state index contributed by atoms with van der Waals surface area (Å²) in [5, 5.41) is 24.9. The Morgan fingerprint density at radius 2 is 1.88 bits per heavy atom. The van der Waals surface area contributed by atoms with Gasteiger partial charge in [0.05, 0.1) is 10.7 Å². The molecule has 0 fully saturated rings. The van der Waals surface area contributed by atoms with Crippen molar-refractivity contribution in [2.24, 2.45) is 7.05 Å². The zero-order valence-corrected chi connectivity index (χ0v) is 13.8. The molecule has 0 saturated heterocycles. The highest BCUT2D eigenvalue weighted by atomic mass is 32.2. The molecular weight excluding hydrogens is 377 g/mol. The largest absolute Gasteiger partial charge is 0.451 e. The van der Waals surface area contributed by atoms with Crippen molar-refractivity contribution >= 4 is 17.4 Å². The van der Waals surface area contributed by atoms with Crippen LogP contribution in [0.25, 0.3) is 11.5 Å². The number of nitro benzene ring substituents is 1. The molecule has 26 heavy (non-hydrogen) atoms. The van der Waals surface area contributed by atoms with E-state index in [4.69, 9.17) is 4.42 Å². The molecule has 0 N–H and O–H groups in total. The van der Waals surface area contributed by atoms with Crippen LogP contribution in [0.5, 0.6) is 0 Å². The highest BCUT2D eigenvalue weighted by Crippen LogP contribution is 2.30. The number of halogens is 3. The smallest absolute Gasteiger partial charge is 0.420 e. The summed E-state index contributed by atoms with van der Waals surface area (Å²) in [6.45, 7) is 0. The quantitative estimate of drug-likeness (QED) is 0.373. The summed E-state index contributed by atoms with van der Waals surface area (Å²) in [6.07, 6.45) is -4.59. The van der Waals surface area contributed by atoms with Crippen LogP contribution in [0.1, 0.15) is 11.7 Å². The molecule has 1 aromatic carbocycles. The van der Waals surface area contributed by atoms with Crippen molar-refractivity contribution in [2.45, 2.75) is 17.1 Å². The Labute approximate surface area is 147 Å². The van der Waals surface area contributed by atoms with Gasteiger partial charge in [0.1, 0.15) is 0 Å². The van der Waals surface area contributed by atoms with Crippen molar-refractivity contribution < 1.29 is 22.5 Å². The second-order valence-corrected chi connectivity index (χ2v) is 5.90. The predicted molar refractivity (Wildman–Crippen MR) is 82.0 cm³/mol. The van der Waals surface area contributed by atoms with Gasteiger partial charge in [-0.1, -0.05) is 11.8 Å². The summed E-state index contributed by atoms with van der Waals surface area (Å²) in [6, 6.07) is 5.51. The van der Waals surface area contributed by atoms with Gasteiger partial charge in [0.2, 0.25) is 17.6 Å². The second-order valence-electron chi connectivity index (χ2n) is 4.96. The molecule has 0 atom stereocenters. The fraction of sp³-hybridized carbons (Fsp3) is 0.231. The third-order valence-corrected chi connectivity index (χ3v) is 4.21. The first-order chi connectivity index (χ1) is 12.3. The molecule has 0 bridgehead atoms. The molecule has 3 rings (SSSR count). The van der Waals surface area contributed by atoms with Crippen LogP contribution in [0.4, 0.5) is 18.9 Å². The molecule has 3 aromatic rings. The van der Waals surface area contributed by atoms with E-state index in [9.17, 15) is 23.3 Å². The minimum Gasteiger partial charge on any atom is -0.420 e. The zero-order chi connectivity index (χ0) is 18.9. The molecule has 136 valence electrons. The van der Waals surface area contributed by atoms with Gasteiger partial charge in [0.25, 0.3) is 5.69 Å². The molecule has 0 aliphatic carbocycles. The molecule has 2 heterocycles. The zero-order valence-electron chi connectivity index (χ0n) is 13.0. The van der Waals surface area contributed by atoms with E-state index in [0.29, 0.717) is 5.56 Å². The van der Waals surface area contributed by atoms with Gasteiger partial charge >= 0.3 is 6.18 Å². The highest BCUT2D eigenvalue weighted by Gasteiger charge is 2.37. The Balaban J connectivity index is 1.69. The van der Waals surface area contributed by atoms with Crippen LogP contribution in [-0.4, -0.2) is 29.9 Å². The SMILES string of the molecule is Cn1c(SCc2nnc(-c3ccc([N+](=O)[O-])cc3)o2)nnc1C(F)(F)F. The van der Waals surface area contributed by atoms with Crippen molar-refractivity contribution in [3.8, 4) is 11.5 Å². The van der Waals surface area contributed by atoms with E-state index in [1.807, 2.05) is 0 Å². The van der Waals surface area contributed by atoms with Gasteiger partial charge < -0.3 is 8.98 Å². The lowest BCUT2D eigenvalue weighted by atomic mass is 10.2. The number of non-ortho nitro benzene ring substituents is 1. The van der Waals surface area contributed by atoms with Crippen LogP contribution in [0.15, 0.2) is 33.8 Å². The first-order valence-electron chi connectivity index (χ1n) is 6.92. The van der Waals surface area contributed by atoms with Crippen LogP contribution in [-0.2, 0) is 19.0 Å². The maximum atomic E-state index is 12.7. The van der Waals surface area contributed by atoms with E-state index in [1.54, 1.807) is 0 Å². The van der Waals surface area contributed by atoms with Crippen LogP contribution < -0.4 is 0 Å². The normalized spacial score (nSPS) is 11.7. The molecule has 0 amide bonds. The highest BCUT2D eigenvalue weighted by molar-refractivity contribution is 7.98. The summed E-state index contributed by atoms with van der Waals surface area (Å²) in [5.41, 5.74) is 0.407. The lowest BCUT2D eigenvalue weighted by Gasteiger charge is -2.05. The first kappa shape index (κ1) is 17.8. The van der Waals surface area contributed by atoms with E-state index < -0.39 is 16.9 Å². The van der Waals surface area contributed by atoms with Gasteiger partial charge in [0, 0.05) is 24.7 Å². The standard InChI is InChI=1S/C13H9F3N6O3S/c1-21-11(13(14,15)16)19-20-12(21)26-6-9-17-18-10(25-9)7-2-4-8(5-3-7)22(23)24/h2-5H,6H2,1H3. The Hall–Kier alpha value is -2.96. The van der Waals surface area contributed by atoms with E-state index >= 15 is 0 Å². The molecular formula is C13H9F3N6O3S. The van der Waals surface area contributed by atoms with E-state index in [2.05, 4.69) is 20.4 Å². The number of nitrogens with zero attached hydrogens (tertiary/aromatic N) is 6. The molecule has 0 aliphatic heterocycles. The van der Waals surface area contributed by atoms with Crippen molar-refractivity contribution in [3.05, 3.63) is 46.1 Å². The third-order valence-electron chi connectivity index (χ3n) is 3.21. The Bertz CT molecular complexity index is 938. The van der Waals surface area contributed by atoms with E-state index in [1.165, 1.54) is 31.3 Å². The molecule has 0 radical (unpaired) electrons. The van der Waals surface area contributed by atoms with Crippen molar-refractivity contribution in [2.75, 3.05) is 0 Å². The van der Waals surface area contributed by atoms with Gasteiger partial charge in [0.15, 0.2) is 5.16 Å². The lowest BCUT2D eigenvalue weighted by Crippen LogP contribution is -2.12. The van der Waals surface area contributed by atoms with Gasteiger partial charge in [-0.3, -0.25) is 10.1 Å².